The SMILES string of the molecule is CCCC(=O)N1CCc2ccc(C(=O)Nc3cccc(-c4nncn4C(C)C)n3)cc2C1. The highest BCUT2D eigenvalue weighted by Crippen LogP contribution is 2.23. The standard InChI is InChI=1S/C24H28N6O2/c1-4-6-22(31)29-12-11-17-9-10-18(13-19(17)14-29)24(32)27-21-8-5-7-20(26-21)23-28-25-15-30(23)16(2)3/h5,7-10,13,15-16H,4,6,11-12,14H2,1-3H3,(H,26,27,32). The van der Waals surface area contributed by atoms with E-state index in [1.807, 2.05) is 60.6 Å². The number of rotatable bonds is 6. The molecule has 166 valence electrons. The number of nitrogens with one attached hydrogen (secondary N) is 1. The maximum absolute atomic E-state index is 12.9. The summed E-state index contributed by atoms with van der Waals surface area (Å²) in [6.45, 7) is 7.38. The number of aromatic nitrogens is 4. The van der Waals surface area contributed by atoms with Crippen LogP contribution in [0.5, 0.6) is 0 Å². The molecule has 0 atom stereocenters. The molecule has 1 aromatic carbocycles. The fraction of sp³-hybridized carbons (Fsp3) is 0.375. The number of carbonyl (C=O) groups is 2. The summed E-state index contributed by atoms with van der Waals surface area (Å²) in [4.78, 5) is 31.7. The number of nitrogens with zero attached hydrogens (tertiary/aromatic N) is 5. The van der Waals surface area contributed by atoms with Gasteiger partial charge < -0.3 is 14.8 Å². The van der Waals surface area contributed by atoms with E-state index in [9.17, 15) is 9.59 Å². The van der Waals surface area contributed by atoms with E-state index in [0.29, 0.717) is 35.9 Å². The Hall–Kier alpha value is -3.55. The van der Waals surface area contributed by atoms with Gasteiger partial charge in [0, 0.05) is 31.1 Å². The van der Waals surface area contributed by atoms with Crippen LogP contribution >= 0.6 is 0 Å². The second-order valence-corrected chi connectivity index (χ2v) is 8.32. The van der Waals surface area contributed by atoms with Crippen molar-refractivity contribution in [1.29, 1.82) is 0 Å². The molecule has 1 aliphatic rings. The van der Waals surface area contributed by atoms with Gasteiger partial charge in [-0.25, -0.2) is 4.98 Å². The van der Waals surface area contributed by atoms with Crippen molar-refractivity contribution in [2.24, 2.45) is 0 Å². The lowest BCUT2D eigenvalue weighted by Gasteiger charge is -2.29. The van der Waals surface area contributed by atoms with E-state index >= 15 is 0 Å². The highest BCUT2D eigenvalue weighted by molar-refractivity contribution is 6.04. The molecule has 4 rings (SSSR count). The first kappa shape index (κ1) is 21.7. The number of fused-ring (bicyclic) bond motifs is 1. The van der Waals surface area contributed by atoms with E-state index in [0.717, 1.165) is 24.9 Å². The maximum Gasteiger partial charge on any atom is 0.256 e. The Kier molecular flexibility index (Phi) is 6.30. The molecule has 8 nitrogen and oxygen atoms in total. The molecule has 3 heterocycles. The van der Waals surface area contributed by atoms with E-state index in [-0.39, 0.29) is 17.9 Å². The molecule has 3 aromatic rings. The Bertz CT molecular complexity index is 1140. The first-order valence-corrected chi connectivity index (χ1v) is 11.0. The summed E-state index contributed by atoms with van der Waals surface area (Å²) in [7, 11) is 0. The first-order chi connectivity index (χ1) is 15.5. The lowest BCUT2D eigenvalue weighted by Crippen LogP contribution is -2.35. The van der Waals surface area contributed by atoms with Crippen molar-refractivity contribution in [3.8, 4) is 11.5 Å². The molecule has 0 aliphatic carbocycles. The van der Waals surface area contributed by atoms with Crippen LogP contribution in [-0.4, -0.2) is 43.0 Å². The molecule has 1 aliphatic heterocycles. The fourth-order valence-corrected chi connectivity index (χ4v) is 3.90. The van der Waals surface area contributed by atoms with Gasteiger partial charge in [-0.1, -0.05) is 19.1 Å². The molecule has 0 spiro atoms. The van der Waals surface area contributed by atoms with Crippen LogP contribution in [0.25, 0.3) is 11.5 Å². The van der Waals surface area contributed by atoms with Gasteiger partial charge in [0.1, 0.15) is 17.8 Å². The number of anilines is 1. The first-order valence-electron chi connectivity index (χ1n) is 11.0. The molecular formula is C24H28N6O2. The molecule has 8 heteroatoms. The van der Waals surface area contributed by atoms with E-state index in [2.05, 4.69) is 20.5 Å². The topological polar surface area (TPSA) is 93.0 Å². The summed E-state index contributed by atoms with van der Waals surface area (Å²) in [5, 5.41) is 11.0. The summed E-state index contributed by atoms with van der Waals surface area (Å²) in [5.41, 5.74) is 3.41. The molecule has 0 fully saturated rings. The minimum absolute atomic E-state index is 0.170. The number of amides is 2. The second-order valence-electron chi connectivity index (χ2n) is 8.32. The summed E-state index contributed by atoms with van der Waals surface area (Å²) in [6.07, 6.45) is 3.88. The third kappa shape index (κ3) is 4.54. The quantitative estimate of drug-likeness (QED) is 0.638. The highest BCUT2D eigenvalue weighted by atomic mass is 16.2. The molecule has 0 saturated carbocycles. The van der Waals surface area contributed by atoms with Gasteiger partial charge in [0.2, 0.25) is 5.91 Å². The van der Waals surface area contributed by atoms with Crippen molar-refractivity contribution in [1.82, 2.24) is 24.6 Å². The van der Waals surface area contributed by atoms with Crippen molar-refractivity contribution in [3.63, 3.8) is 0 Å². The van der Waals surface area contributed by atoms with Crippen LogP contribution < -0.4 is 5.32 Å². The Morgan fingerprint density at radius 3 is 2.78 bits per heavy atom. The molecule has 0 saturated heterocycles. The highest BCUT2D eigenvalue weighted by Gasteiger charge is 2.21. The van der Waals surface area contributed by atoms with Crippen molar-refractivity contribution in [2.45, 2.75) is 52.6 Å². The zero-order valence-electron chi connectivity index (χ0n) is 18.7. The van der Waals surface area contributed by atoms with E-state index in [1.165, 1.54) is 5.56 Å². The third-order valence-corrected chi connectivity index (χ3v) is 5.65. The Morgan fingerprint density at radius 2 is 2.00 bits per heavy atom. The average Bonchev–Trinajstić information content (AvgIpc) is 3.29. The number of carbonyl (C=O) groups excluding carboxylic acids is 2. The predicted molar refractivity (Wildman–Crippen MR) is 122 cm³/mol. The van der Waals surface area contributed by atoms with Gasteiger partial charge >= 0.3 is 0 Å². The van der Waals surface area contributed by atoms with Crippen LogP contribution in [0.2, 0.25) is 0 Å². The Morgan fingerprint density at radius 1 is 1.16 bits per heavy atom. The minimum atomic E-state index is -0.236. The van der Waals surface area contributed by atoms with Gasteiger partial charge in [0.05, 0.1) is 0 Å². The molecular weight excluding hydrogens is 404 g/mol. The molecule has 0 radical (unpaired) electrons. The number of hydrogen-bond donors (Lipinski definition) is 1. The summed E-state index contributed by atoms with van der Waals surface area (Å²) < 4.78 is 1.93. The molecule has 2 amide bonds. The minimum Gasteiger partial charge on any atom is -0.338 e. The second kappa shape index (κ2) is 9.30. The normalized spacial score (nSPS) is 13.2. The molecule has 2 aromatic heterocycles. The van der Waals surface area contributed by atoms with Crippen molar-refractivity contribution < 1.29 is 9.59 Å². The number of pyridine rings is 1. The van der Waals surface area contributed by atoms with Crippen LogP contribution in [0.1, 0.15) is 61.1 Å². The number of benzene rings is 1. The van der Waals surface area contributed by atoms with Crippen LogP contribution in [-0.2, 0) is 17.8 Å². The van der Waals surface area contributed by atoms with Gasteiger partial charge in [0.25, 0.3) is 5.91 Å². The van der Waals surface area contributed by atoms with Gasteiger partial charge in [-0.15, -0.1) is 10.2 Å². The monoisotopic (exact) mass is 432 g/mol. The van der Waals surface area contributed by atoms with E-state index in [1.54, 1.807) is 12.4 Å². The fourth-order valence-electron chi connectivity index (χ4n) is 3.90. The summed E-state index contributed by atoms with van der Waals surface area (Å²) >= 11 is 0. The van der Waals surface area contributed by atoms with E-state index < -0.39 is 0 Å². The van der Waals surface area contributed by atoms with Crippen LogP contribution in [0, 0.1) is 0 Å². The number of hydrogen-bond acceptors (Lipinski definition) is 5. The third-order valence-electron chi connectivity index (χ3n) is 5.65. The molecule has 0 unspecified atom stereocenters. The molecule has 32 heavy (non-hydrogen) atoms. The van der Waals surface area contributed by atoms with Gasteiger partial charge in [-0.3, -0.25) is 9.59 Å². The average molecular weight is 433 g/mol. The Labute approximate surface area is 187 Å². The van der Waals surface area contributed by atoms with Crippen LogP contribution in [0.3, 0.4) is 0 Å². The van der Waals surface area contributed by atoms with Gasteiger partial charge in [0.15, 0.2) is 5.82 Å². The van der Waals surface area contributed by atoms with Gasteiger partial charge in [-0.05, 0) is 62.1 Å². The molecule has 0 bridgehead atoms. The lowest BCUT2D eigenvalue weighted by molar-refractivity contribution is -0.132. The lowest BCUT2D eigenvalue weighted by atomic mass is 9.97. The zero-order valence-corrected chi connectivity index (χ0v) is 18.7. The summed E-state index contributed by atoms with van der Waals surface area (Å²) in [5.74, 6) is 1.04. The van der Waals surface area contributed by atoms with Crippen molar-refractivity contribution in [2.75, 3.05) is 11.9 Å². The zero-order chi connectivity index (χ0) is 22.7. The largest absolute Gasteiger partial charge is 0.338 e. The van der Waals surface area contributed by atoms with Crippen LogP contribution in [0.15, 0.2) is 42.7 Å². The van der Waals surface area contributed by atoms with Crippen LogP contribution in [0.4, 0.5) is 5.82 Å². The Balaban J connectivity index is 1.51. The van der Waals surface area contributed by atoms with Crippen molar-refractivity contribution >= 4 is 17.6 Å². The summed E-state index contributed by atoms with van der Waals surface area (Å²) in [6, 6.07) is 11.3. The van der Waals surface area contributed by atoms with Crippen molar-refractivity contribution in [3.05, 3.63) is 59.4 Å². The maximum atomic E-state index is 12.9. The predicted octanol–water partition coefficient (Wildman–Crippen LogP) is 3.86. The van der Waals surface area contributed by atoms with Gasteiger partial charge in [-0.2, -0.15) is 0 Å². The van der Waals surface area contributed by atoms with E-state index in [4.69, 9.17) is 0 Å². The molecule has 1 N–H and O–H groups in total. The smallest absolute Gasteiger partial charge is 0.256 e.